The molecule has 0 bridgehead atoms. The smallest absolute Gasteiger partial charge is 0.333 e. The van der Waals surface area contributed by atoms with Crippen LogP contribution in [0, 0.1) is 13.8 Å². The third-order valence-electron chi connectivity index (χ3n) is 15.3. The van der Waals surface area contributed by atoms with Crippen LogP contribution < -0.4 is 25.5 Å². The minimum atomic E-state index is -0.177. The average molecular weight is 956 g/mol. The second-order valence-electron chi connectivity index (χ2n) is 22.4. The number of rotatable bonds is 8. The van der Waals surface area contributed by atoms with Crippen LogP contribution in [-0.4, -0.2) is 6.85 Å². The predicted molar refractivity (Wildman–Crippen MR) is 318 cm³/mol. The van der Waals surface area contributed by atoms with Gasteiger partial charge in [-0.3, -0.25) is 0 Å². The van der Waals surface area contributed by atoms with E-state index >= 15 is 0 Å². The van der Waals surface area contributed by atoms with Gasteiger partial charge in [0.15, 0.2) is 0 Å². The molecule has 0 spiro atoms. The highest BCUT2D eigenvalue weighted by molar-refractivity contribution is 6.93. The topological polar surface area (TPSA) is 9.72 Å². The Hall–Kier alpha value is -8.34. The molecule has 0 amide bonds. The Morgan fingerprint density at radius 3 is 1.41 bits per heavy atom. The molecular formula is C70H62BN3. The summed E-state index contributed by atoms with van der Waals surface area (Å²) in [5, 5.41) is 0. The summed E-state index contributed by atoms with van der Waals surface area (Å²) in [4.78, 5) is 7.66. The molecule has 0 fully saturated rings. The molecule has 0 radical (unpaired) electrons. The van der Waals surface area contributed by atoms with Crippen molar-refractivity contribution in [3.63, 3.8) is 0 Å². The van der Waals surface area contributed by atoms with Crippen LogP contribution in [0.4, 0.5) is 45.5 Å². The standard InChI is InChI=1S/C70H62BN3/c1-47-42-62-61-40-39-60(72(57-35-29-55(30-36-57)69(3,4)5)58-37-31-56(32-38-58)70(6,7)8)46-66(61)74(59-33-26-52(27-34-59)49-18-12-9-13-19-49)71-63-44-53(50-20-14-10-15-21-50)28-41-64(63)73(67(43-47)68(62)71)65-45-54(25-24-48(65)2)51-22-16-11-17-23-51/h9-46H,1-8H3. The van der Waals surface area contributed by atoms with E-state index in [2.05, 4.69) is 301 Å². The van der Waals surface area contributed by atoms with Crippen LogP contribution in [0.5, 0.6) is 0 Å². The van der Waals surface area contributed by atoms with Crippen LogP contribution >= 0.6 is 0 Å². The predicted octanol–water partition coefficient (Wildman–Crippen LogP) is 18.1. The SMILES string of the molecule is Cc1cc2c3c(c1)N(c1cc(-c4ccccc4)ccc1C)c1ccc(-c4ccccc4)cc1B3N(c1ccc(-c3ccccc3)cc1)c1cc(N(c3ccc(C(C)(C)C)cc3)c3ccc(C(C)(C)C)cc3)ccc1-2. The average Bonchev–Trinajstić information content (AvgIpc) is 3.44. The van der Waals surface area contributed by atoms with Gasteiger partial charge in [-0.2, -0.15) is 0 Å². The van der Waals surface area contributed by atoms with Crippen LogP contribution in [-0.2, 0) is 10.8 Å². The second kappa shape index (κ2) is 18.3. The van der Waals surface area contributed by atoms with Crippen molar-refractivity contribution in [3.05, 3.63) is 253 Å². The Balaban J connectivity index is 1.13. The first kappa shape index (κ1) is 46.7. The van der Waals surface area contributed by atoms with Crippen LogP contribution in [0.1, 0.15) is 63.8 Å². The molecule has 12 rings (SSSR count). The lowest BCUT2D eigenvalue weighted by atomic mass is 9.43. The fraction of sp³-hybridized carbons (Fsp3) is 0.143. The zero-order chi connectivity index (χ0) is 50.9. The molecule has 0 N–H and O–H groups in total. The first-order chi connectivity index (χ1) is 35.8. The molecule has 0 aliphatic carbocycles. The van der Waals surface area contributed by atoms with Crippen molar-refractivity contribution in [2.45, 2.75) is 66.2 Å². The van der Waals surface area contributed by atoms with Gasteiger partial charge >= 0.3 is 6.85 Å². The fourth-order valence-corrected chi connectivity index (χ4v) is 11.4. The zero-order valence-corrected chi connectivity index (χ0v) is 43.9. The number of fused-ring (bicyclic) bond motifs is 4. The molecule has 0 saturated carbocycles. The van der Waals surface area contributed by atoms with Crippen LogP contribution in [0.25, 0.3) is 44.5 Å². The maximum atomic E-state index is 2.65. The van der Waals surface area contributed by atoms with Gasteiger partial charge in [-0.05, 0) is 164 Å². The molecule has 0 aromatic heterocycles. The summed E-state index contributed by atoms with van der Waals surface area (Å²) in [5.41, 5.74) is 26.5. The third kappa shape index (κ3) is 8.39. The highest BCUT2D eigenvalue weighted by Gasteiger charge is 2.46. The normalized spacial score (nSPS) is 12.8. The number of benzene rings is 10. The summed E-state index contributed by atoms with van der Waals surface area (Å²) in [6.45, 7) is 18.1. The Labute approximate surface area is 439 Å². The Morgan fingerprint density at radius 1 is 0.365 bits per heavy atom. The van der Waals surface area contributed by atoms with Crippen molar-refractivity contribution in [1.82, 2.24) is 0 Å². The lowest BCUT2D eigenvalue weighted by molar-refractivity contribution is 0.590. The lowest BCUT2D eigenvalue weighted by Gasteiger charge is -2.46. The van der Waals surface area contributed by atoms with Gasteiger partial charge < -0.3 is 14.6 Å². The van der Waals surface area contributed by atoms with Crippen molar-refractivity contribution in [3.8, 4) is 44.5 Å². The Morgan fingerprint density at radius 2 is 0.851 bits per heavy atom. The number of aryl methyl sites for hydroxylation is 2. The lowest BCUT2D eigenvalue weighted by Crippen LogP contribution is -2.61. The highest BCUT2D eigenvalue weighted by Crippen LogP contribution is 2.50. The van der Waals surface area contributed by atoms with Crippen molar-refractivity contribution < 1.29 is 0 Å². The molecule has 2 aliphatic heterocycles. The molecule has 4 heteroatoms. The number of nitrogens with zero attached hydrogens (tertiary/aromatic N) is 3. The van der Waals surface area contributed by atoms with E-state index in [0.29, 0.717) is 0 Å². The van der Waals surface area contributed by atoms with Gasteiger partial charge in [-0.1, -0.05) is 205 Å². The molecule has 2 heterocycles. The summed E-state index contributed by atoms with van der Waals surface area (Å²) in [5.74, 6) is 0. The molecule has 0 atom stereocenters. The zero-order valence-electron chi connectivity index (χ0n) is 43.9. The Kier molecular flexibility index (Phi) is 11.6. The monoisotopic (exact) mass is 956 g/mol. The van der Waals surface area contributed by atoms with Gasteiger partial charge in [-0.15, -0.1) is 0 Å². The molecule has 2 aliphatic rings. The first-order valence-corrected chi connectivity index (χ1v) is 26.2. The van der Waals surface area contributed by atoms with Gasteiger partial charge in [0.2, 0.25) is 0 Å². The summed E-state index contributed by atoms with van der Waals surface area (Å²) in [6, 6.07) is 86.3. The summed E-state index contributed by atoms with van der Waals surface area (Å²) in [7, 11) is 0. The van der Waals surface area contributed by atoms with Gasteiger partial charge in [0.1, 0.15) is 0 Å². The van der Waals surface area contributed by atoms with Gasteiger partial charge in [0, 0.05) is 51.1 Å². The number of hydrogen-bond donors (Lipinski definition) is 0. The molecule has 74 heavy (non-hydrogen) atoms. The Bertz CT molecular complexity index is 3630. The van der Waals surface area contributed by atoms with E-state index < -0.39 is 0 Å². The van der Waals surface area contributed by atoms with Crippen molar-refractivity contribution in [2.24, 2.45) is 0 Å². The fourth-order valence-electron chi connectivity index (χ4n) is 11.4. The van der Waals surface area contributed by atoms with Crippen LogP contribution in [0.15, 0.2) is 231 Å². The van der Waals surface area contributed by atoms with E-state index in [1.165, 1.54) is 100 Å². The van der Waals surface area contributed by atoms with E-state index in [-0.39, 0.29) is 17.7 Å². The minimum Gasteiger partial charge on any atom is -0.376 e. The van der Waals surface area contributed by atoms with Crippen molar-refractivity contribution >= 4 is 63.3 Å². The summed E-state index contributed by atoms with van der Waals surface area (Å²) < 4.78 is 0. The molecular weight excluding hydrogens is 894 g/mol. The third-order valence-corrected chi connectivity index (χ3v) is 15.3. The quantitative estimate of drug-likeness (QED) is 0.141. The molecule has 0 unspecified atom stereocenters. The van der Waals surface area contributed by atoms with Gasteiger partial charge in [0.05, 0.1) is 0 Å². The maximum Gasteiger partial charge on any atom is 0.333 e. The van der Waals surface area contributed by atoms with E-state index in [1.807, 2.05) is 0 Å². The van der Waals surface area contributed by atoms with E-state index in [4.69, 9.17) is 0 Å². The summed E-state index contributed by atoms with van der Waals surface area (Å²) >= 11 is 0. The molecule has 3 nitrogen and oxygen atoms in total. The van der Waals surface area contributed by atoms with E-state index in [0.717, 1.165) is 22.7 Å². The van der Waals surface area contributed by atoms with Crippen molar-refractivity contribution in [1.29, 1.82) is 0 Å². The molecule has 360 valence electrons. The minimum absolute atomic E-state index is 0.0279. The van der Waals surface area contributed by atoms with Gasteiger partial charge in [0.25, 0.3) is 0 Å². The second-order valence-corrected chi connectivity index (χ2v) is 22.4. The van der Waals surface area contributed by atoms with Crippen LogP contribution in [0.3, 0.4) is 0 Å². The number of anilines is 8. The molecule has 10 aromatic carbocycles. The van der Waals surface area contributed by atoms with E-state index in [9.17, 15) is 0 Å². The molecule has 10 aromatic rings. The van der Waals surface area contributed by atoms with Crippen molar-refractivity contribution in [2.75, 3.05) is 14.6 Å². The molecule has 0 saturated heterocycles. The number of hydrogen-bond acceptors (Lipinski definition) is 3. The van der Waals surface area contributed by atoms with E-state index in [1.54, 1.807) is 0 Å². The first-order valence-electron chi connectivity index (χ1n) is 26.2. The highest BCUT2D eigenvalue weighted by atomic mass is 15.2. The largest absolute Gasteiger partial charge is 0.376 e. The van der Waals surface area contributed by atoms with Gasteiger partial charge in [-0.25, -0.2) is 0 Å². The van der Waals surface area contributed by atoms with Crippen LogP contribution in [0.2, 0.25) is 0 Å². The summed E-state index contributed by atoms with van der Waals surface area (Å²) in [6.07, 6.45) is 0. The maximum absolute atomic E-state index is 2.65.